The molecule has 4 atom stereocenters. The van der Waals surface area contributed by atoms with Gasteiger partial charge in [0, 0.05) is 0 Å². The Bertz CT molecular complexity index is 564. The van der Waals surface area contributed by atoms with Crippen LogP contribution in [0.2, 0.25) is 0 Å². The second kappa shape index (κ2) is 4.86. The van der Waals surface area contributed by atoms with Crippen LogP contribution >= 0.6 is 0 Å². The Balaban J connectivity index is 1.80. The van der Waals surface area contributed by atoms with Crippen LogP contribution in [-0.2, 0) is 16.0 Å². The van der Waals surface area contributed by atoms with Gasteiger partial charge in [0.2, 0.25) is 0 Å². The van der Waals surface area contributed by atoms with E-state index in [2.05, 4.69) is 31.2 Å². The second-order valence-electron chi connectivity index (χ2n) is 7.37. The van der Waals surface area contributed by atoms with Gasteiger partial charge in [0.15, 0.2) is 0 Å². The number of esters is 1. The van der Waals surface area contributed by atoms with E-state index < -0.39 is 0 Å². The van der Waals surface area contributed by atoms with E-state index >= 15 is 0 Å². The van der Waals surface area contributed by atoms with Crippen molar-refractivity contribution < 1.29 is 9.53 Å². The molecule has 2 fully saturated rings. The average Bonchev–Trinajstić information content (AvgIpc) is 2.55. The highest BCUT2D eigenvalue weighted by atomic mass is 16.6. The van der Waals surface area contributed by atoms with E-state index in [-0.39, 0.29) is 17.5 Å². The van der Waals surface area contributed by atoms with Crippen molar-refractivity contribution in [2.75, 3.05) is 0 Å². The smallest absolute Gasteiger partial charge is 0.309 e. The van der Waals surface area contributed by atoms with E-state index in [1.54, 1.807) is 0 Å². The molecule has 5 rings (SSSR count). The number of hydrogen-bond acceptors (Lipinski definition) is 2. The van der Waals surface area contributed by atoms with Gasteiger partial charge < -0.3 is 4.74 Å². The van der Waals surface area contributed by atoms with Gasteiger partial charge in [-0.2, -0.15) is 0 Å². The molecule has 0 N–H and O–H groups in total. The molecule has 0 radical (unpaired) electrons. The van der Waals surface area contributed by atoms with E-state index in [1.807, 2.05) is 0 Å². The van der Waals surface area contributed by atoms with Crippen LogP contribution < -0.4 is 0 Å². The number of hydrogen-bond donors (Lipinski definition) is 0. The van der Waals surface area contributed by atoms with Gasteiger partial charge in [-0.05, 0) is 61.5 Å². The number of carbonyl (C=O) groups is 1. The Hall–Kier alpha value is -1.31. The predicted molar refractivity (Wildman–Crippen MR) is 82.1 cm³/mol. The summed E-state index contributed by atoms with van der Waals surface area (Å²) >= 11 is 0. The third kappa shape index (κ3) is 2.11. The van der Waals surface area contributed by atoms with Crippen LogP contribution in [0.5, 0.6) is 0 Å². The van der Waals surface area contributed by atoms with Gasteiger partial charge in [-0.3, -0.25) is 4.79 Å². The van der Waals surface area contributed by atoms with Crippen LogP contribution in [0, 0.1) is 11.8 Å². The Morgan fingerprint density at radius 3 is 3.00 bits per heavy atom. The molecule has 1 saturated carbocycles. The summed E-state index contributed by atoms with van der Waals surface area (Å²) in [6.07, 6.45) is 7.75. The molecule has 2 heteroatoms. The van der Waals surface area contributed by atoms with E-state index in [9.17, 15) is 4.79 Å². The van der Waals surface area contributed by atoms with Crippen LogP contribution in [0.3, 0.4) is 0 Å². The average molecular weight is 284 g/mol. The maximum atomic E-state index is 12.5. The molecular weight excluding hydrogens is 260 g/mol. The van der Waals surface area contributed by atoms with Crippen molar-refractivity contribution in [1.29, 1.82) is 0 Å². The van der Waals surface area contributed by atoms with Gasteiger partial charge in [0.05, 0.1) is 5.92 Å². The molecule has 1 aromatic rings. The second-order valence-corrected chi connectivity index (χ2v) is 7.37. The highest BCUT2D eigenvalue weighted by molar-refractivity contribution is 5.74. The summed E-state index contributed by atoms with van der Waals surface area (Å²) < 4.78 is 6.12. The molecule has 2 aliphatic carbocycles. The molecular formula is C19H24O2. The molecule has 1 aromatic carbocycles. The molecule has 2 nitrogen and oxygen atoms in total. The van der Waals surface area contributed by atoms with Crippen LogP contribution in [-0.4, -0.2) is 11.6 Å². The Kier molecular flexibility index (Phi) is 3.09. The lowest BCUT2D eigenvalue weighted by atomic mass is 9.66. The molecule has 0 unspecified atom stereocenters. The monoisotopic (exact) mass is 284 g/mol. The first kappa shape index (κ1) is 13.4. The largest absolute Gasteiger partial charge is 0.459 e. The summed E-state index contributed by atoms with van der Waals surface area (Å²) in [6, 6.07) is 8.70. The molecule has 0 amide bonds. The Morgan fingerprint density at radius 1 is 1.24 bits per heavy atom. The van der Waals surface area contributed by atoms with Crippen molar-refractivity contribution in [3.8, 4) is 0 Å². The predicted octanol–water partition coefficient (Wildman–Crippen LogP) is 4.23. The van der Waals surface area contributed by atoms with E-state index in [1.165, 1.54) is 30.4 Å². The normalized spacial score (nSPS) is 38.5. The summed E-state index contributed by atoms with van der Waals surface area (Å²) in [6.45, 7) is 2.31. The van der Waals surface area contributed by atoms with Crippen LogP contribution in [0.25, 0.3) is 0 Å². The minimum atomic E-state index is -0.164. The lowest BCUT2D eigenvalue weighted by Crippen LogP contribution is -2.51. The molecule has 0 aromatic heterocycles. The molecule has 4 aliphatic rings. The highest BCUT2D eigenvalue weighted by Gasteiger charge is 2.51. The van der Waals surface area contributed by atoms with Crippen molar-refractivity contribution in [2.45, 2.75) is 63.4 Å². The zero-order valence-corrected chi connectivity index (χ0v) is 12.8. The van der Waals surface area contributed by atoms with Gasteiger partial charge in [-0.1, -0.05) is 37.6 Å². The first-order valence-corrected chi connectivity index (χ1v) is 8.49. The van der Waals surface area contributed by atoms with Crippen LogP contribution in [0.1, 0.15) is 62.5 Å². The standard InChI is InChI=1S/C19H24O2/c1-13-12-19-9-5-4-7-16(19)11-15(18(20)21-19)10-14-6-2-3-8-17(13)14/h2-3,6,8,13,15-16H,4-5,7,9-12H2,1H3/t13-,15+,16+,19-/m0/s1. The Morgan fingerprint density at radius 2 is 2.10 bits per heavy atom. The molecule has 1 saturated heterocycles. The molecule has 2 heterocycles. The summed E-state index contributed by atoms with van der Waals surface area (Å²) in [5.41, 5.74) is 2.64. The summed E-state index contributed by atoms with van der Waals surface area (Å²) in [5, 5.41) is 0. The fraction of sp³-hybridized carbons (Fsp3) is 0.632. The number of benzene rings is 1. The van der Waals surface area contributed by atoms with E-state index in [0.29, 0.717) is 11.8 Å². The number of ether oxygens (including phenoxy) is 1. The fourth-order valence-electron chi connectivity index (χ4n) is 5.04. The molecule has 112 valence electrons. The van der Waals surface area contributed by atoms with Crippen molar-refractivity contribution in [1.82, 2.24) is 0 Å². The quantitative estimate of drug-likeness (QED) is 0.666. The molecule has 21 heavy (non-hydrogen) atoms. The number of carbonyl (C=O) groups excluding carboxylic acids is 1. The summed E-state index contributed by atoms with van der Waals surface area (Å²) in [5.74, 6) is 1.21. The van der Waals surface area contributed by atoms with Gasteiger partial charge in [-0.15, -0.1) is 0 Å². The summed E-state index contributed by atoms with van der Waals surface area (Å²) in [7, 11) is 0. The SMILES string of the molecule is C[C@H]1C[C@@]23CCCC[C@@H]2C[C@@H](Cc2ccccc21)C(=O)O3. The zero-order chi connectivity index (χ0) is 14.4. The lowest BCUT2D eigenvalue weighted by molar-refractivity contribution is -0.192. The number of rotatable bonds is 0. The van der Waals surface area contributed by atoms with E-state index in [4.69, 9.17) is 4.74 Å². The maximum Gasteiger partial charge on any atom is 0.309 e. The summed E-state index contributed by atoms with van der Waals surface area (Å²) in [4.78, 5) is 12.5. The van der Waals surface area contributed by atoms with Crippen molar-refractivity contribution >= 4 is 5.97 Å². The Labute approximate surface area is 126 Å². The minimum Gasteiger partial charge on any atom is -0.459 e. The van der Waals surface area contributed by atoms with Crippen LogP contribution in [0.15, 0.2) is 24.3 Å². The minimum absolute atomic E-state index is 0.0667. The van der Waals surface area contributed by atoms with Crippen molar-refractivity contribution in [2.24, 2.45) is 11.8 Å². The first-order chi connectivity index (χ1) is 10.2. The third-order valence-corrected chi connectivity index (χ3v) is 6.06. The number of fused-ring (bicyclic) bond motifs is 2. The van der Waals surface area contributed by atoms with Gasteiger partial charge in [-0.25, -0.2) is 0 Å². The molecule has 2 aliphatic heterocycles. The van der Waals surface area contributed by atoms with Gasteiger partial charge in [0.25, 0.3) is 0 Å². The topological polar surface area (TPSA) is 26.3 Å². The maximum absolute atomic E-state index is 12.5. The molecule has 1 spiro atoms. The lowest BCUT2D eigenvalue weighted by Gasteiger charge is -2.49. The van der Waals surface area contributed by atoms with Gasteiger partial charge in [0.1, 0.15) is 5.60 Å². The third-order valence-electron chi connectivity index (χ3n) is 6.06. The fourth-order valence-corrected chi connectivity index (χ4v) is 5.04. The zero-order valence-electron chi connectivity index (χ0n) is 12.8. The highest BCUT2D eigenvalue weighted by Crippen LogP contribution is 2.51. The van der Waals surface area contributed by atoms with E-state index in [0.717, 1.165) is 25.7 Å². The van der Waals surface area contributed by atoms with Gasteiger partial charge >= 0.3 is 5.97 Å². The molecule has 2 bridgehead atoms. The van der Waals surface area contributed by atoms with Crippen LogP contribution in [0.4, 0.5) is 0 Å². The van der Waals surface area contributed by atoms with Crippen molar-refractivity contribution in [3.05, 3.63) is 35.4 Å². The van der Waals surface area contributed by atoms with Crippen molar-refractivity contribution in [3.63, 3.8) is 0 Å². The first-order valence-electron chi connectivity index (χ1n) is 8.49.